The second kappa shape index (κ2) is 8.35. The molecule has 0 unspecified atom stereocenters. The fraction of sp³-hybridized carbons (Fsp3) is 0.105. The van der Waals surface area contributed by atoms with E-state index in [0.29, 0.717) is 12.1 Å². The summed E-state index contributed by atoms with van der Waals surface area (Å²) in [6.45, 7) is 5.21. The largest absolute Gasteiger partial charge is 0.369 e. The maximum atomic E-state index is 12.2. The molecule has 0 aromatic heterocycles. The Bertz CT molecular complexity index is 664. The van der Waals surface area contributed by atoms with Crippen LogP contribution >= 0.6 is 15.9 Å². The summed E-state index contributed by atoms with van der Waals surface area (Å²) < 4.78 is 0.902. The molecule has 0 aliphatic rings. The van der Waals surface area contributed by atoms with Gasteiger partial charge in [0.1, 0.15) is 0 Å². The van der Waals surface area contributed by atoms with Crippen LogP contribution in [0.4, 0.5) is 0 Å². The molecule has 0 bridgehead atoms. The van der Waals surface area contributed by atoms with Crippen LogP contribution < -0.4 is 0 Å². The molecule has 0 saturated heterocycles. The summed E-state index contributed by atoms with van der Waals surface area (Å²) in [5.74, 6) is -0.0107. The second-order valence-corrected chi connectivity index (χ2v) is 5.81. The average Bonchev–Trinajstić information content (AvgIpc) is 2.53. The Balaban J connectivity index is 2.06. The SMILES string of the molecule is C=CCN(C=CC(=O)c1cccc(Br)c1)Cc1ccccc1. The number of halogens is 1. The third-order valence-corrected chi connectivity index (χ3v) is 3.63. The number of rotatable bonds is 7. The minimum atomic E-state index is -0.0107. The van der Waals surface area contributed by atoms with E-state index in [0.717, 1.165) is 11.0 Å². The first-order valence-electron chi connectivity index (χ1n) is 7.06. The van der Waals surface area contributed by atoms with Gasteiger partial charge in [-0.05, 0) is 17.7 Å². The van der Waals surface area contributed by atoms with Crippen LogP contribution in [-0.4, -0.2) is 17.2 Å². The van der Waals surface area contributed by atoms with Gasteiger partial charge in [0.2, 0.25) is 0 Å². The Morgan fingerprint density at radius 2 is 1.91 bits per heavy atom. The number of carbonyl (C=O) groups is 1. The highest BCUT2D eigenvalue weighted by molar-refractivity contribution is 9.10. The van der Waals surface area contributed by atoms with Gasteiger partial charge in [-0.3, -0.25) is 4.79 Å². The van der Waals surface area contributed by atoms with Gasteiger partial charge in [-0.25, -0.2) is 0 Å². The molecule has 2 aromatic rings. The standard InChI is InChI=1S/C19H18BrNO/c1-2-12-21(15-16-7-4-3-5-8-16)13-11-19(22)17-9-6-10-18(20)14-17/h2-11,13-14H,1,12,15H2. The van der Waals surface area contributed by atoms with Gasteiger partial charge in [0.15, 0.2) is 5.78 Å². The Hall–Kier alpha value is -2.13. The molecule has 2 nitrogen and oxygen atoms in total. The molecule has 0 heterocycles. The van der Waals surface area contributed by atoms with Crippen molar-refractivity contribution in [3.63, 3.8) is 0 Å². The Morgan fingerprint density at radius 1 is 1.14 bits per heavy atom. The van der Waals surface area contributed by atoms with Crippen LogP contribution in [0.2, 0.25) is 0 Å². The number of hydrogen-bond acceptors (Lipinski definition) is 2. The lowest BCUT2D eigenvalue weighted by Crippen LogP contribution is -2.17. The van der Waals surface area contributed by atoms with E-state index in [-0.39, 0.29) is 5.78 Å². The lowest BCUT2D eigenvalue weighted by atomic mass is 10.1. The van der Waals surface area contributed by atoms with Gasteiger partial charge in [0.25, 0.3) is 0 Å². The molecule has 2 aromatic carbocycles. The van der Waals surface area contributed by atoms with Crippen LogP contribution in [0, 0.1) is 0 Å². The van der Waals surface area contributed by atoms with Crippen LogP contribution in [-0.2, 0) is 6.54 Å². The van der Waals surface area contributed by atoms with E-state index < -0.39 is 0 Å². The molecule has 22 heavy (non-hydrogen) atoms. The van der Waals surface area contributed by atoms with Crippen molar-refractivity contribution in [2.75, 3.05) is 6.54 Å². The van der Waals surface area contributed by atoms with Crippen molar-refractivity contribution in [3.8, 4) is 0 Å². The van der Waals surface area contributed by atoms with E-state index in [9.17, 15) is 4.79 Å². The van der Waals surface area contributed by atoms with Crippen molar-refractivity contribution < 1.29 is 4.79 Å². The quantitative estimate of drug-likeness (QED) is 0.402. The first kappa shape index (κ1) is 16.2. The first-order chi connectivity index (χ1) is 10.7. The van der Waals surface area contributed by atoms with Crippen LogP contribution in [0.15, 0.2) is 84.0 Å². The monoisotopic (exact) mass is 355 g/mol. The normalized spacial score (nSPS) is 10.6. The highest BCUT2D eigenvalue weighted by Crippen LogP contribution is 2.13. The smallest absolute Gasteiger partial charge is 0.187 e. The third kappa shape index (κ3) is 5.01. The Labute approximate surface area is 139 Å². The van der Waals surface area contributed by atoms with Crippen LogP contribution in [0.25, 0.3) is 0 Å². The van der Waals surface area contributed by atoms with Crippen LogP contribution in [0.5, 0.6) is 0 Å². The highest BCUT2D eigenvalue weighted by atomic mass is 79.9. The van der Waals surface area contributed by atoms with E-state index in [1.54, 1.807) is 6.08 Å². The fourth-order valence-electron chi connectivity index (χ4n) is 2.07. The van der Waals surface area contributed by atoms with Crippen molar-refractivity contribution in [2.45, 2.75) is 6.54 Å². The molecule has 0 radical (unpaired) electrons. The minimum absolute atomic E-state index is 0.0107. The highest BCUT2D eigenvalue weighted by Gasteiger charge is 2.04. The van der Waals surface area contributed by atoms with Crippen molar-refractivity contribution in [3.05, 3.63) is 95.1 Å². The van der Waals surface area contributed by atoms with E-state index in [4.69, 9.17) is 0 Å². The molecule has 3 heteroatoms. The second-order valence-electron chi connectivity index (χ2n) is 4.89. The van der Waals surface area contributed by atoms with Crippen molar-refractivity contribution in [1.82, 2.24) is 4.90 Å². The van der Waals surface area contributed by atoms with Crippen molar-refractivity contribution >= 4 is 21.7 Å². The van der Waals surface area contributed by atoms with Gasteiger partial charge in [-0.2, -0.15) is 0 Å². The zero-order chi connectivity index (χ0) is 15.8. The number of carbonyl (C=O) groups excluding carboxylic acids is 1. The zero-order valence-electron chi connectivity index (χ0n) is 12.3. The van der Waals surface area contributed by atoms with Crippen LogP contribution in [0.1, 0.15) is 15.9 Å². The first-order valence-corrected chi connectivity index (χ1v) is 7.85. The summed E-state index contributed by atoms with van der Waals surface area (Å²) in [6.07, 6.45) is 5.27. The van der Waals surface area contributed by atoms with Gasteiger partial charge >= 0.3 is 0 Å². The molecule has 0 N–H and O–H groups in total. The average molecular weight is 356 g/mol. The van der Waals surface area contributed by atoms with Gasteiger partial charge in [0, 0.05) is 35.4 Å². The summed E-state index contributed by atoms with van der Waals surface area (Å²) in [7, 11) is 0. The predicted octanol–water partition coefficient (Wildman–Crippen LogP) is 4.83. The van der Waals surface area contributed by atoms with Gasteiger partial charge in [-0.1, -0.05) is 64.5 Å². The third-order valence-electron chi connectivity index (χ3n) is 3.14. The maximum absolute atomic E-state index is 12.2. The molecule has 0 spiro atoms. The summed E-state index contributed by atoms with van der Waals surface area (Å²) in [5, 5.41) is 0. The Kier molecular flexibility index (Phi) is 6.16. The number of ketones is 1. The molecule has 0 amide bonds. The van der Waals surface area contributed by atoms with E-state index >= 15 is 0 Å². The molecule has 0 saturated carbocycles. The predicted molar refractivity (Wildman–Crippen MR) is 94.7 cm³/mol. The van der Waals surface area contributed by atoms with E-state index in [2.05, 4.69) is 39.5 Å². The lowest BCUT2D eigenvalue weighted by Gasteiger charge is -2.18. The van der Waals surface area contributed by atoms with E-state index in [1.165, 1.54) is 5.56 Å². The van der Waals surface area contributed by atoms with Crippen molar-refractivity contribution in [2.24, 2.45) is 0 Å². The van der Waals surface area contributed by atoms with Gasteiger partial charge in [0.05, 0.1) is 0 Å². The lowest BCUT2D eigenvalue weighted by molar-refractivity contribution is 0.104. The molecular weight excluding hydrogens is 338 g/mol. The number of benzene rings is 2. The maximum Gasteiger partial charge on any atom is 0.187 e. The number of allylic oxidation sites excluding steroid dienone is 1. The molecule has 0 aliphatic heterocycles. The van der Waals surface area contributed by atoms with Crippen molar-refractivity contribution in [1.29, 1.82) is 0 Å². The van der Waals surface area contributed by atoms with Gasteiger partial charge in [-0.15, -0.1) is 6.58 Å². The Morgan fingerprint density at radius 3 is 2.59 bits per heavy atom. The number of nitrogens with zero attached hydrogens (tertiary/aromatic N) is 1. The summed E-state index contributed by atoms with van der Waals surface area (Å²) >= 11 is 3.38. The van der Waals surface area contributed by atoms with Gasteiger partial charge < -0.3 is 4.90 Å². The minimum Gasteiger partial charge on any atom is -0.369 e. The molecule has 112 valence electrons. The summed E-state index contributed by atoms with van der Waals surface area (Å²) in [4.78, 5) is 14.3. The topological polar surface area (TPSA) is 20.3 Å². The molecular formula is C19H18BrNO. The van der Waals surface area contributed by atoms with E-state index in [1.807, 2.05) is 54.7 Å². The molecule has 0 aliphatic carbocycles. The molecule has 2 rings (SSSR count). The number of hydrogen-bond donors (Lipinski definition) is 0. The molecule has 0 fully saturated rings. The fourth-order valence-corrected chi connectivity index (χ4v) is 2.47. The summed E-state index contributed by atoms with van der Waals surface area (Å²) in [6, 6.07) is 17.5. The molecule has 0 atom stereocenters. The summed E-state index contributed by atoms with van der Waals surface area (Å²) in [5.41, 5.74) is 1.87. The van der Waals surface area contributed by atoms with Crippen LogP contribution in [0.3, 0.4) is 0 Å². The zero-order valence-corrected chi connectivity index (χ0v) is 13.9.